The van der Waals surface area contributed by atoms with Crippen LogP contribution in [-0.4, -0.2) is 19.1 Å². The van der Waals surface area contributed by atoms with Gasteiger partial charge in [0.15, 0.2) is 0 Å². The molecule has 0 amide bonds. The first-order valence-corrected chi connectivity index (χ1v) is 7.24. The van der Waals surface area contributed by atoms with Gasteiger partial charge in [0.05, 0.1) is 0 Å². The zero-order valence-corrected chi connectivity index (χ0v) is 12.2. The third-order valence-corrected chi connectivity index (χ3v) is 3.33. The van der Waals surface area contributed by atoms with Crippen molar-refractivity contribution in [2.45, 2.75) is 52.5 Å². The van der Waals surface area contributed by atoms with Crippen LogP contribution >= 0.6 is 0 Å². The standard InChI is InChI=1S/C16H28N2/c1-4-5-6-13-18(14(2)3)16-9-7-15(8-10-16)11-12-17/h7-10,14H,4-6,11-13,17H2,1-3H3. The molecule has 1 aromatic carbocycles. The van der Waals surface area contributed by atoms with Crippen LogP contribution in [0.15, 0.2) is 24.3 Å². The highest BCUT2D eigenvalue weighted by Crippen LogP contribution is 2.19. The third-order valence-electron chi connectivity index (χ3n) is 3.33. The summed E-state index contributed by atoms with van der Waals surface area (Å²) in [5.74, 6) is 0. The van der Waals surface area contributed by atoms with Crippen LogP contribution in [0.3, 0.4) is 0 Å². The summed E-state index contributed by atoms with van der Waals surface area (Å²) in [6.45, 7) is 8.66. The summed E-state index contributed by atoms with van der Waals surface area (Å²) in [7, 11) is 0. The average molecular weight is 248 g/mol. The molecule has 0 radical (unpaired) electrons. The lowest BCUT2D eigenvalue weighted by molar-refractivity contribution is 0.626. The van der Waals surface area contributed by atoms with Crippen LogP contribution in [0.25, 0.3) is 0 Å². The minimum absolute atomic E-state index is 0.558. The summed E-state index contributed by atoms with van der Waals surface area (Å²) in [5, 5.41) is 0. The van der Waals surface area contributed by atoms with Crippen LogP contribution in [0, 0.1) is 0 Å². The molecule has 1 rings (SSSR count). The van der Waals surface area contributed by atoms with E-state index in [1.165, 1.54) is 30.5 Å². The maximum absolute atomic E-state index is 5.58. The van der Waals surface area contributed by atoms with Gasteiger partial charge in [0.1, 0.15) is 0 Å². The summed E-state index contributed by atoms with van der Waals surface area (Å²) in [6, 6.07) is 9.44. The molecule has 0 aliphatic rings. The Labute approximate surface area is 112 Å². The molecule has 0 unspecified atom stereocenters. The van der Waals surface area contributed by atoms with E-state index in [1.54, 1.807) is 0 Å². The predicted octanol–water partition coefficient (Wildman–Crippen LogP) is 3.59. The van der Waals surface area contributed by atoms with Crippen molar-refractivity contribution >= 4 is 5.69 Å². The van der Waals surface area contributed by atoms with Gasteiger partial charge in [-0.15, -0.1) is 0 Å². The van der Waals surface area contributed by atoms with E-state index in [0.29, 0.717) is 6.04 Å². The van der Waals surface area contributed by atoms with Gasteiger partial charge in [-0.2, -0.15) is 0 Å². The first-order valence-electron chi connectivity index (χ1n) is 7.24. The summed E-state index contributed by atoms with van der Waals surface area (Å²) < 4.78 is 0. The predicted molar refractivity (Wildman–Crippen MR) is 81.2 cm³/mol. The van der Waals surface area contributed by atoms with Crippen molar-refractivity contribution < 1.29 is 0 Å². The number of hydrogen-bond donors (Lipinski definition) is 1. The number of nitrogens with zero attached hydrogens (tertiary/aromatic N) is 1. The molecule has 0 saturated carbocycles. The minimum Gasteiger partial charge on any atom is -0.369 e. The second-order valence-electron chi connectivity index (χ2n) is 5.20. The van der Waals surface area contributed by atoms with Crippen LogP contribution in [0.4, 0.5) is 5.69 Å². The second kappa shape index (κ2) is 8.15. The average Bonchev–Trinajstić information content (AvgIpc) is 2.36. The van der Waals surface area contributed by atoms with E-state index < -0.39 is 0 Å². The topological polar surface area (TPSA) is 29.3 Å². The summed E-state index contributed by atoms with van der Waals surface area (Å²) in [4.78, 5) is 2.49. The molecular weight excluding hydrogens is 220 g/mol. The number of benzene rings is 1. The number of rotatable bonds is 8. The molecule has 0 heterocycles. The third kappa shape index (κ3) is 4.69. The first kappa shape index (κ1) is 15.0. The van der Waals surface area contributed by atoms with Gasteiger partial charge in [-0.3, -0.25) is 0 Å². The smallest absolute Gasteiger partial charge is 0.0368 e. The first-order chi connectivity index (χ1) is 8.69. The maximum Gasteiger partial charge on any atom is 0.0368 e. The highest BCUT2D eigenvalue weighted by molar-refractivity contribution is 5.48. The number of anilines is 1. The Morgan fingerprint density at radius 2 is 1.78 bits per heavy atom. The van der Waals surface area contributed by atoms with Gasteiger partial charge in [-0.05, 0) is 50.9 Å². The van der Waals surface area contributed by atoms with Gasteiger partial charge in [-0.25, -0.2) is 0 Å². The van der Waals surface area contributed by atoms with E-state index in [4.69, 9.17) is 5.73 Å². The van der Waals surface area contributed by atoms with Crippen LogP contribution in [0.5, 0.6) is 0 Å². The molecule has 18 heavy (non-hydrogen) atoms. The molecule has 0 aliphatic carbocycles. The van der Waals surface area contributed by atoms with Crippen molar-refractivity contribution in [3.63, 3.8) is 0 Å². The van der Waals surface area contributed by atoms with Gasteiger partial charge in [-0.1, -0.05) is 31.9 Å². The van der Waals surface area contributed by atoms with Gasteiger partial charge >= 0.3 is 0 Å². The van der Waals surface area contributed by atoms with Crippen molar-refractivity contribution in [3.8, 4) is 0 Å². The highest BCUT2D eigenvalue weighted by Gasteiger charge is 2.09. The zero-order valence-electron chi connectivity index (χ0n) is 12.2. The van der Waals surface area contributed by atoms with Gasteiger partial charge in [0.25, 0.3) is 0 Å². The van der Waals surface area contributed by atoms with E-state index in [-0.39, 0.29) is 0 Å². The fraction of sp³-hybridized carbons (Fsp3) is 0.625. The SMILES string of the molecule is CCCCCN(c1ccc(CCN)cc1)C(C)C. The normalized spacial score (nSPS) is 10.9. The number of hydrogen-bond acceptors (Lipinski definition) is 2. The monoisotopic (exact) mass is 248 g/mol. The lowest BCUT2D eigenvalue weighted by Crippen LogP contribution is -2.31. The van der Waals surface area contributed by atoms with Crippen molar-refractivity contribution in [2.24, 2.45) is 5.73 Å². The Hall–Kier alpha value is -1.02. The van der Waals surface area contributed by atoms with E-state index in [1.807, 2.05) is 0 Å². The molecule has 0 spiro atoms. The van der Waals surface area contributed by atoms with Crippen LogP contribution in [0.2, 0.25) is 0 Å². The van der Waals surface area contributed by atoms with Crippen molar-refractivity contribution in [3.05, 3.63) is 29.8 Å². The van der Waals surface area contributed by atoms with E-state index in [0.717, 1.165) is 19.5 Å². The molecule has 2 heteroatoms. The molecule has 0 aliphatic heterocycles. The Bertz CT molecular complexity index is 316. The van der Waals surface area contributed by atoms with Gasteiger partial charge in [0.2, 0.25) is 0 Å². The summed E-state index contributed by atoms with van der Waals surface area (Å²) in [6.07, 6.45) is 4.84. The van der Waals surface area contributed by atoms with E-state index in [2.05, 4.69) is 49.9 Å². The van der Waals surface area contributed by atoms with Crippen LogP contribution in [0.1, 0.15) is 45.6 Å². The summed E-state index contributed by atoms with van der Waals surface area (Å²) in [5.41, 5.74) is 8.24. The largest absolute Gasteiger partial charge is 0.369 e. The van der Waals surface area contributed by atoms with Crippen molar-refractivity contribution in [2.75, 3.05) is 18.0 Å². The van der Waals surface area contributed by atoms with Gasteiger partial charge < -0.3 is 10.6 Å². The second-order valence-corrected chi connectivity index (χ2v) is 5.20. The molecule has 1 aromatic rings. The lowest BCUT2D eigenvalue weighted by atomic mass is 10.1. The summed E-state index contributed by atoms with van der Waals surface area (Å²) >= 11 is 0. The molecular formula is C16H28N2. The molecule has 0 fully saturated rings. The van der Waals surface area contributed by atoms with Crippen LogP contribution in [-0.2, 0) is 6.42 Å². The number of unbranched alkanes of at least 4 members (excludes halogenated alkanes) is 2. The molecule has 2 nitrogen and oxygen atoms in total. The Morgan fingerprint density at radius 1 is 1.11 bits per heavy atom. The minimum atomic E-state index is 0.558. The molecule has 0 saturated heterocycles. The Balaban J connectivity index is 2.66. The highest BCUT2D eigenvalue weighted by atomic mass is 15.1. The Kier molecular flexibility index (Phi) is 6.81. The van der Waals surface area contributed by atoms with Crippen molar-refractivity contribution in [1.82, 2.24) is 0 Å². The Morgan fingerprint density at radius 3 is 2.28 bits per heavy atom. The lowest BCUT2D eigenvalue weighted by Gasteiger charge is -2.29. The fourth-order valence-corrected chi connectivity index (χ4v) is 2.24. The fourth-order valence-electron chi connectivity index (χ4n) is 2.24. The maximum atomic E-state index is 5.58. The van der Waals surface area contributed by atoms with E-state index in [9.17, 15) is 0 Å². The molecule has 0 aromatic heterocycles. The quantitative estimate of drug-likeness (QED) is 0.712. The van der Waals surface area contributed by atoms with Crippen molar-refractivity contribution in [1.29, 1.82) is 0 Å². The van der Waals surface area contributed by atoms with E-state index >= 15 is 0 Å². The molecule has 0 bridgehead atoms. The zero-order chi connectivity index (χ0) is 13.4. The molecule has 102 valence electrons. The molecule has 2 N–H and O–H groups in total. The number of nitrogens with two attached hydrogens (primary N) is 1. The van der Waals surface area contributed by atoms with Gasteiger partial charge in [0, 0.05) is 18.3 Å². The molecule has 0 atom stereocenters. The van der Waals surface area contributed by atoms with Crippen LogP contribution < -0.4 is 10.6 Å².